The van der Waals surface area contributed by atoms with Gasteiger partial charge in [-0.15, -0.1) is 0 Å². The number of para-hydroxylation sites is 1. The quantitative estimate of drug-likeness (QED) is 0.618. The van der Waals surface area contributed by atoms with Crippen LogP contribution in [-0.2, 0) is 11.3 Å². The van der Waals surface area contributed by atoms with E-state index in [9.17, 15) is 14.3 Å². The molecule has 0 spiro atoms. The van der Waals surface area contributed by atoms with Crippen LogP contribution in [0.2, 0.25) is 0 Å². The van der Waals surface area contributed by atoms with E-state index in [0.29, 0.717) is 28.2 Å². The molecule has 0 radical (unpaired) electrons. The van der Waals surface area contributed by atoms with Crippen molar-refractivity contribution in [1.82, 2.24) is 4.90 Å². The summed E-state index contributed by atoms with van der Waals surface area (Å²) in [5, 5.41) is 10.9. The molecule has 0 aromatic heterocycles. The Labute approximate surface area is 180 Å². The minimum Gasteiger partial charge on any atom is -0.503 e. The van der Waals surface area contributed by atoms with Crippen molar-refractivity contribution in [1.29, 1.82) is 0 Å². The third-order valence-corrected chi connectivity index (χ3v) is 5.42. The van der Waals surface area contributed by atoms with Gasteiger partial charge in [-0.1, -0.05) is 42.5 Å². The maximum atomic E-state index is 13.6. The van der Waals surface area contributed by atoms with Crippen molar-refractivity contribution < 1.29 is 23.8 Å². The predicted molar refractivity (Wildman–Crippen MR) is 115 cm³/mol. The predicted octanol–water partition coefficient (Wildman–Crippen LogP) is 4.90. The number of rotatable bonds is 6. The number of benzene rings is 3. The highest BCUT2D eigenvalue weighted by Crippen LogP contribution is 2.44. The fraction of sp³-hybridized carbons (Fsp3) is 0.160. The normalized spacial score (nSPS) is 16.0. The van der Waals surface area contributed by atoms with Gasteiger partial charge in [-0.25, -0.2) is 4.39 Å². The molecule has 0 aliphatic carbocycles. The highest BCUT2D eigenvalue weighted by atomic mass is 19.1. The Kier molecular flexibility index (Phi) is 5.62. The molecule has 1 atom stereocenters. The van der Waals surface area contributed by atoms with E-state index in [2.05, 4.69) is 0 Å². The van der Waals surface area contributed by atoms with Gasteiger partial charge in [0.05, 0.1) is 26.8 Å². The number of amides is 1. The van der Waals surface area contributed by atoms with Crippen molar-refractivity contribution in [2.75, 3.05) is 14.2 Å². The number of nitrogens with zero attached hydrogens (tertiary/aromatic N) is 1. The lowest BCUT2D eigenvalue weighted by molar-refractivity contribution is -0.130. The Hall–Kier alpha value is -3.80. The summed E-state index contributed by atoms with van der Waals surface area (Å²) in [4.78, 5) is 14.7. The van der Waals surface area contributed by atoms with Crippen molar-refractivity contribution in [3.8, 4) is 11.5 Å². The Bertz CT molecular complexity index is 1120. The van der Waals surface area contributed by atoms with Crippen LogP contribution in [0.3, 0.4) is 0 Å². The smallest absolute Gasteiger partial charge is 0.290 e. The maximum Gasteiger partial charge on any atom is 0.290 e. The molecule has 0 saturated heterocycles. The van der Waals surface area contributed by atoms with Crippen LogP contribution in [0.4, 0.5) is 4.39 Å². The SMILES string of the molecule is COc1ccc(C2=C(O)C(=O)N(Cc3ccccc3OC)[C@H]2c2ccc(F)cc2)cc1. The topological polar surface area (TPSA) is 59.0 Å². The number of carbonyl (C=O) groups excluding carboxylic acids is 1. The zero-order chi connectivity index (χ0) is 22.0. The lowest BCUT2D eigenvalue weighted by atomic mass is 9.93. The summed E-state index contributed by atoms with van der Waals surface area (Å²) in [7, 11) is 3.14. The summed E-state index contributed by atoms with van der Waals surface area (Å²) < 4.78 is 24.3. The number of aliphatic hydroxyl groups excluding tert-OH is 1. The summed E-state index contributed by atoms with van der Waals surface area (Å²) in [5.41, 5.74) is 2.64. The van der Waals surface area contributed by atoms with Crippen LogP contribution in [0, 0.1) is 5.82 Å². The molecule has 3 aromatic carbocycles. The second-order valence-electron chi connectivity index (χ2n) is 7.19. The minimum atomic E-state index is -0.591. The second kappa shape index (κ2) is 8.52. The molecule has 6 heteroatoms. The van der Waals surface area contributed by atoms with Gasteiger partial charge in [-0.2, -0.15) is 0 Å². The molecule has 1 N–H and O–H groups in total. The number of hydrogen-bond acceptors (Lipinski definition) is 4. The van der Waals surface area contributed by atoms with E-state index in [1.807, 2.05) is 24.3 Å². The van der Waals surface area contributed by atoms with E-state index in [4.69, 9.17) is 9.47 Å². The number of ether oxygens (including phenoxy) is 2. The number of carbonyl (C=O) groups is 1. The molecule has 1 aliphatic rings. The van der Waals surface area contributed by atoms with Crippen LogP contribution in [0.25, 0.3) is 5.57 Å². The first-order valence-electron chi connectivity index (χ1n) is 9.79. The molecule has 5 nitrogen and oxygen atoms in total. The zero-order valence-corrected chi connectivity index (χ0v) is 17.2. The number of halogens is 1. The molecule has 1 aliphatic heterocycles. The Morgan fingerprint density at radius 2 is 1.61 bits per heavy atom. The van der Waals surface area contributed by atoms with E-state index < -0.39 is 11.9 Å². The van der Waals surface area contributed by atoms with Crippen LogP contribution in [0.5, 0.6) is 11.5 Å². The zero-order valence-electron chi connectivity index (χ0n) is 17.2. The second-order valence-corrected chi connectivity index (χ2v) is 7.19. The van der Waals surface area contributed by atoms with Gasteiger partial charge >= 0.3 is 0 Å². The highest BCUT2D eigenvalue weighted by molar-refractivity contribution is 6.05. The molecule has 158 valence electrons. The first-order chi connectivity index (χ1) is 15.0. The molecule has 3 aromatic rings. The van der Waals surface area contributed by atoms with E-state index in [-0.39, 0.29) is 18.1 Å². The lowest BCUT2D eigenvalue weighted by Gasteiger charge is -2.28. The highest BCUT2D eigenvalue weighted by Gasteiger charge is 2.41. The molecule has 0 unspecified atom stereocenters. The molecule has 4 rings (SSSR count). The minimum absolute atomic E-state index is 0.217. The third kappa shape index (κ3) is 3.84. The fourth-order valence-electron chi connectivity index (χ4n) is 3.89. The summed E-state index contributed by atoms with van der Waals surface area (Å²) in [6, 6.07) is 19.9. The van der Waals surface area contributed by atoms with Gasteiger partial charge in [-0.3, -0.25) is 4.79 Å². The lowest BCUT2D eigenvalue weighted by Crippen LogP contribution is -2.30. The van der Waals surface area contributed by atoms with E-state index in [0.717, 1.165) is 5.56 Å². The Morgan fingerprint density at radius 1 is 0.935 bits per heavy atom. The van der Waals surface area contributed by atoms with E-state index in [1.54, 1.807) is 55.5 Å². The largest absolute Gasteiger partial charge is 0.503 e. The van der Waals surface area contributed by atoms with Crippen molar-refractivity contribution in [3.63, 3.8) is 0 Å². The van der Waals surface area contributed by atoms with Gasteiger partial charge in [0, 0.05) is 11.1 Å². The van der Waals surface area contributed by atoms with Gasteiger partial charge in [0.25, 0.3) is 5.91 Å². The van der Waals surface area contributed by atoms with Crippen LogP contribution in [-0.4, -0.2) is 30.1 Å². The van der Waals surface area contributed by atoms with Crippen molar-refractivity contribution in [3.05, 3.63) is 101 Å². The summed E-state index contributed by atoms with van der Waals surface area (Å²) in [6.45, 7) is 0.217. The molecule has 0 fully saturated rings. The average molecular weight is 419 g/mol. The van der Waals surface area contributed by atoms with Crippen LogP contribution in [0.1, 0.15) is 22.7 Å². The first-order valence-corrected chi connectivity index (χ1v) is 9.79. The third-order valence-electron chi connectivity index (χ3n) is 5.42. The van der Waals surface area contributed by atoms with Crippen LogP contribution in [0.15, 0.2) is 78.6 Å². The summed E-state index contributed by atoms with van der Waals surface area (Å²) >= 11 is 0. The van der Waals surface area contributed by atoms with Gasteiger partial charge < -0.3 is 19.5 Å². The standard InChI is InChI=1S/C25H22FNO4/c1-30-20-13-9-16(10-14-20)22-23(17-7-11-19(26)12-8-17)27(25(29)24(22)28)15-18-5-3-4-6-21(18)31-2/h3-14,23,28H,15H2,1-2H3/t23-/m0/s1. The van der Waals surface area contributed by atoms with Crippen LogP contribution < -0.4 is 9.47 Å². The number of hydrogen-bond donors (Lipinski definition) is 1. The first kappa shape index (κ1) is 20.5. The molecule has 31 heavy (non-hydrogen) atoms. The summed E-state index contributed by atoms with van der Waals surface area (Å²) in [5.74, 6) is 0.118. The van der Waals surface area contributed by atoms with E-state index >= 15 is 0 Å². The molecular weight excluding hydrogens is 397 g/mol. The molecule has 1 heterocycles. The molecule has 0 saturated carbocycles. The Balaban J connectivity index is 1.81. The fourth-order valence-corrected chi connectivity index (χ4v) is 3.89. The van der Waals surface area contributed by atoms with Gasteiger partial charge in [0.2, 0.25) is 0 Å². The molecule has 1 amide bonds. The van der Waals surface area contributed by atoms with Gasteiger partial charge in [-0.05, 0) is 41.5 Å². The van der Waals surface area contributed by atoms with E-state index in [1.165, 1.54) is 12.1 Å². The number of methoxy groups -OCH3 is 2. The monoisotopic (exact) mass is 419 g/mol. The number of aliphatic hydroxyl groups is 1. The molecule has 0 bridgehead atoms. The van der Waals surface area contributed by atoms with Crippen molar-refractivity contribution in [2.45, 2.75) is 12.6 Å². The van der Waals surface area contributed by atoms with Crippen molar-refractivity contribution >= 4 is 11.5 Å². The van der Waals surface area contributed by atoms with Crippen LogP contribution >= 0.6 is 0 Å². The Morgan fingerprint density at radius 3 is 2.26 bits per heavy atom. The van der Waals surface area contributed by atoms with Gasteiger partial charge in [0.15, 0.2) is 5.76 Å². The maximum absolute atomic E-state index is 13.6. The van der Waals surface area contributed by atoms with Crippen molar-refractivity contribution in [2.24, 2.45) is 0 Å². The average Bonchev–Trinajstić information content (AvgIpc) is 3.05. The summed E-state index contributed by atoms with van der Waals surface area (Å²) in [6.07, 6.45) is 0. The van der Waals surface area contributed by atoms with Gasteiger partial charge in [0.1, 0.15) is 17.3 Å². The molecular formula is C25H22FNO4.